The molecule has 0 bridgehead atoms. The van der Waals surface area contributed by atoms with Crippen molar-refractivity contribution in [2.24, 2.45) is 0 Å². The van der Waals surface area contributed by atoms with E-state index in [1.165, 1.54) is 0 Å². The normalized spacial score (nSPS) is 42.2. The molecular formula is C24H34O15. The summed E-state index contributed by atoms with van der Waals surface area (Å²) in [4.78, 5) is 76.0. The van der Waals surface area contributed by atoms with E-state index in [1.807, 2.05) is 0 Å². The van der Waals surface area contributed by atoms with Gasteiger partial charge in [-0.05, 0) is 41.5 Å². The molecule has 0 aromatic rings. The maximum absolute atomic E-state index is 13.1. The lowest BCUT2D eigenvalue weighted by Gasteiger charge is -2.64. The molecule has 10 atom stereocenters. The van der Waals surface area contributed by atoms with E-state index in [-0.39, 0.29) is 0 Å². The van der Waals surface area contributed by atoms with Gasteiger partial charge >= 0.3 is 0 Å². The molecule has 2 aliphatic rings. The number of ketones is 6. The van der Waals surface area contributed by atoms with Gasteiger partial charge in [0.15, 0.2) is 62.7 Å². The highest BCUT2D eigenvalue weighted by atomic mass is 16.6. The lowest BCUT2D eigenvalue weighted by atomic mass is 9.53. The first kappa shape index (κ1) is 32.9. The predicted molar refractivity (Wildman–Crippen MR) is 124 cm³/mol. The molecule has 220 valence electrons. The van der Waals surface area contributed by atoms with Gasteiger partial charge in [0.05, 0.1) is 6.61 Å². The Bertz CT molecular complexity index is 1100. The van der Waals surface area contributed by atoms with Crippen LogP contribution >= 0.6 is 0 Å². The molecule has 0 aliphatic carbocycles. The Morgan fingerprint density at radius 1 is 0.667 bits per heavy atom. The molecule has 0 aromatic carbocycles. The van der Waals surface area contributed by atoms with Crippen LogP contribution < -0.4 is 0 Å². The van der Waals surface area contributed by atoms with Crippen LogP contribution in [0.3, 0.4) is 0 Å². The lowest BCUT2D eigenvalue weighted by molar-refractivity contribution is -0.383. The van der Waals surface area contributed by atoms with Crippen molar-refractivity contribution in [2.45, 2.75) is 106 Å². The van der Waals surface area contributed by atoms with E-state index in [1.54, 1.807) is 0 Å². The molecular weight excluding hydrogens is 528 g/mol. The average molecular weight is 563 g/mol. The van der Waals surface area contributed by atoms with Gasteiger partial charge < -0.3 is 45.2 Å². The minimum Gasteiger partial charge on any atom is -0.382 e. The molecule has 2 rings (SSSR count). The van der Waals surface area contributed by atoms with Crippen molar-refractivity contribution >= 4 is 34.7 Å². The van der Waals surface area contributed by atoms with E-state index in [2.05, 4.69) is 0 Å². The van der Waals surface area contributed by atoms with E-state index in [0.29, 0.717) is 20.8 Å². The summed E-state index contributed by atoms with van der Waals surface area (Å²) in [6.07, 6.45) is -14.0. The van der Waals surface area contributed by atoms with Gasteiger partial charge in [0, 0.05) is 6.42 Å². The van der Waals surface area contributed by atoms with Crippen LogP contribution in [-0.4, -0.2) is 136 Å². The summed E-state index contributed by atoms with van der Waals surface area (Å²) in [7, 11) is 0. The number of ether oxygens (including phenoxy) is 2. The number of hydrogen-bond acceptors (Lipinski definition) is 15. The Hall–Kier alpha value is -2.34. The smallest absolute Gasteiger partial charge is 0.199 e. The summed E-state index contributed by atoms with van der Waals surface area (Å²) in [5.74, 6) is -8.60. The van der Waals surface area contributed by atoms with Crippen molar-refractivity contribution in [1.82, 2.24) is 0 Å². The third-order valence-corrected chi connectivity index (χ3v) is 8.01. The van der Waals surface area contributed by atoms with Gasteiger partial charge in [0.1, 0.15) is 30.5 Å². The molecule has 2 aliphatic heterocycles. The van der Waals surface area contributed by atoms with Gasteiger partial charge in [-0.3, -0.25) is 28.8 Å². The quantitative estimate of drug-likeness (QED) is 0.139. The van der Waals surface area contributed by atoms with Gasteiger partial charge in [-0.15, -0.1) is 0 Å². The third kappa shape index (κ3) is 4.07. The first-order valence-corrected chi connectivity index (χ1v) is 11.9. The summed E-state index contributed by atoms with van der Waals surface area (Å²) >= 11 is 0. The predicted octanol–water partition coefficient (Wildman–Crippen LogP) is -4.55. The Morgan fingerprint density at radius 3 is 1.46 bits per heavy atom. The third-order valence-electron chi connectivity index (χ3n) is 8.01. The van der Waals surface area contributed by atoms with Crippen molar-refractivity contribution < 1.29 is 74.0 Å². The highest BCUT2D eigenvalue weighted by molar-refractivity contribution is 6.06. The minimum atomic E-state index is -4.03. The largest absolute Gasteiger partial charge is 0.382 e. The van der Waals surface area contributed by atoms with Crippen molar-refractivity contribution in [3.05, 3.63) is 0 Å². The number of hydrogen-bond donors (Lipinski definition) is 7. The first-order chi connectivity index (χ1) is 17.6. The maximum Gasteiger partial charge on any atom is 0.199 e. The fourth-order valence-corrected chi connectivity index (χ4v) is 5.66. The first-order valence-electron chi connectivity index (χ1n) is 11.9. The Kier molecular flexibility index (Phi) is 8.64. The van der Waals surface area contributed by atoms with E-state index >= 15 is 0 Å². The standard InChI is InChI=1S/C24H34O15/c1-9(25)15(31)17-23(36,20(33,11(3)27)7-8-38-17)19-22(35,13(5)29)24(37,14(6)30)21(34,12(4)28)18(39-19)16(32)10(2)26/h15-19,31-37H,7-8H2,1-6H3/t15?,16?,17-,18-,19-,20+,21+,22+,23+,24+/m1/s1. The molecule has 2 fully saturated rings. The fraction of sp³-hybridized carbons (Fsp3) is 0.750. The van der Waals surface area contributed by atoms with Crippen LogP contribution in [0.5, 0.6) is 0 Å². The van der Waals surface area contributed by atoms with E-state index in [0.717, 1.165) is 20.8 Å². The summed E-state index contributed by atoms with van der Waals surface area (Å²) in [5, 5.41) is 79.9. The average Bonchev–Trinajstić information content (AvgIpc) is 2.82. The summed E-state index contributed by atoms with van der Waals surface area (Å²) in [5.41, 5.74) is -18.5. The van der Waals surface area contributed by atoms with Gasteiger partial charge in [-0.1, -0.05) is 0 Å². The molecule has 0 amide bonds. The molecule has 0 aromatic heterocycles. The molecule has 0 radical (unpaired) electrons. The topological polar surface area (TPSA) is 262 Å². The summed E-state index contributed by atoms with van der Waals surface area (Å²) < 4.78 is 10.8. The van der Waals surface area contributed by atoms with E-state index < -0.39 is 106 Å². The maximum atomic E-state index is 13.1. The van der Waals surface area contributed by atoms with Gasteiger partial charge in [-0.2, -0.15) is 0 Å². The van der Waals surface area contributed by atoms with Crippen LogP contribution in [0, 0.1) is 0 Å². The minimum absolute atomic E-state index is 0.516. The SMILES string of the molecule is CC(=O)C(O)[C@H]1OCC[C@](O)(C(C)=O)[C@@]1(O)[C@@H]1O[C@H](C(O)C(C)=O)[C@@](O)(C(C)=O)[C@@](O)(C(C)=O)[C@]1(O)C(C)=O. The lowest BCUT2D eigenvalue weighted by Crippen LogP contribution is -2.92. The van der Waals surface area contributed by atoms with Crippen LogP contribution in [0.2, 0.25) is 0 Å². The molecule has 0 saturated carbocycles. The van der Waals surface area contributed by atoms with Crippen molar-refractivity contribution in [3.63, 3.8) is 0 Å². The van der Waals surface area contributed by atoms with Crippen LogP contribution in [-0.2, 0) is 38.2 Å². The molecule has 2 unspecified atom stereocenters. The number of carbonyl (C=O) groups excluding carboxylic acids is 6. The molecule has 2 heterocycles. The number of carbonyl (C=O) groups is 6. The van der Waals surface area contributed by atoms with Crippen molar-refractivity contribution in [3.8, 4) is 0 Å². The van der Waals surface area contributed by atoms with Gasteiger partial charge in [0.2, 0.25) is 0 Å². The zero-order valence-corrected chi connectivity index (χ0v) is 22.2. The molecule has 7 N–H and O–H groups in total. The van der Waals surface area contributed by atoms with E-state index in [9.17, 15) is 64.5 Å². The number of aliphatic hydroxyl groups excluding tert-OH is 2. The van der Waals surface area contributed by atoms with Crippen LogP contribution in [0.1, 0.15) is 48.0 Å². The number of Topliss-reactive ketones (excluding diaryl/α,β-unsaturated/α-hetero) is 6. The molecule has 0 spiro atoms. The monoisotopic (exact) mass is 562 g/mol. The highest BCUT2D eigenvalue weighted by Crippen LogP contribution is 2.54. The highest BCUT2D eigenvalue weighted by Gasteiger charge is 2.84. The molecule has 15 heteroatoms. The van der Waals surface area contributed by atoms with Crippen LogP contribution in [0.25, 0.3) is 0 Å². The fourth-order valence-electron chi connectivity index (χ4n) is 5.66. The second kappa shape index (κ2) is 10.2. The number of rotatable bonds is 9. The Balaban J connectivity index is 3.19. The second-order valence-corrected chi connectivity index (χ2v) is 10.2. The van der Waals surface area contributed by atoms with Gasteiger partial charge in [-0.25, -0.2) is 0 Å². The zero-order valence-electron chi connectivity index (χ0n) is 22.2. The van der Waals surface area contributed by atoms with E-state index in [4.69, 9.17) is 9.47 Å². The molecule has 2 saturated heterocycles. The zero-order chi connectivity index (χ0) is 30.7. The van der Waals surface area contributed by atoms with Crippen LogP contribution in [0.15, 0.2) is 0 Å². The van der Waals surface area contributed by atoms with Crippen molar-refractivity contribution in [2.75, 3.05) is 6.61 Å². The molecule has 39 heavy (non-hydrogen) atoms. The Labute approximate surface area is 222 Å². The van der Waals surface area contributed by atoms with Gasteiger partial charge in [0.25, 0.3) is 0 Å². The second-order valence-electron chi connectivity index (χ2n) is 10.2. The number of aliphatic hydroxyl groups is 7. The molecule has 15 nitrogen and oxygen atoms in total. The van der Waals surface area contributed by atoms with Crippen molar-refractivity contribution in [1.29, 1.82) is 0 Å². The van der Waals surface area contributed by atoms with Crippen LogP contribution in [0.4, 0.5) is 0 Å². The summed E-state index contributed by atoms with van der Waals surface area (Å²) in [6.45, 7) is 3.34. The Morgan fingerprint density at radius 2 is 1.10 bits per heavy atom. The summed E-state index contributed by atoms with van der Waals surface area (Å²) in [6, 6.07) is 0.